The molecule has 22 heavy (non-hydrogen) atoms. The minimum absolute atomic E-state index is 0.0286. The molecule has 0 saturated heterocycles. The zero-order chi connectivity index (χ0) is 16.4. The van der Waals surface area contributed by atoms with Gasteiger partial charge >= 0.3 is 6.09 Å². The molecule has 2 N–H and O–H groups in total. The predicted molar refractivity (Wildman–Crippen MR) is 87.6 cm³/mol. The second-order valence-electron chi connectivity index (χ2n) is 5.61. The lowest BCUT2D eigenvalue weighted by Crippen LogP contribution is -2.33. The number of ether oxygens (including phenoxy) is 1. The lowest BCUT2D eigenvalue weighted by Gasteiger charge is -2.19. The van der Waals surface area contributed by atoms with E-state index in [1.165, 1.54) is 11.8 Å². The first-order chi connectivity index (χ1) is 10.4. The largest absolute Gasteiger partial charge is 0.444 e. The van der Waals surface area contributed by atoms with E-state index in [0.29, 0.717) is 24.6 Å². The quantitative estimate of drug-likeness (QED) is 0.749. The Morgan fingerprint density at radius 1 is 1.23 bits per heavy atom. The zero-order valence-electron chi connectivity index (χ0n) is 13.2. The third-order valence-electron chi connectivity index (χ3n) is 2.39. The fourth-order valence-electron chi connectivity index (χ4n) is 1.46. The van der Waals surface area contributed by atoms with Crippen LogP contribution >= 0.6 is 11.8 Å². The molecule has 7 heteroatoms. The number of carbonyl (C=O) groups is 2. The number of hydrogen-bond donors (Lipinski definition) is 2. The number of thioether (sulfide) groups is 1. The van der Waals surface area contributed by atoms with Gasteiger partial charge in [0.25, 0.3) is 0 Å². The molecule has 0 saturated carbocycles. The Labute approximate surface area is 135 Å². The number of rotatable bonds is 7. The minimum atomic E-state index is -0.496. The van der Waals surface area contributed by atoms with E-state index < -0.39 is 11.7 Å². The summed E-state index contributed by atoms with van der Waals surface area (Å²) < 4.78 is 5.11. The molecule has 0 aromatic carbocycles. The van der Waals surface area contributed by atoms with Crippen molar-refractivity contribution in [3.05, 3.63) is 30.1 Å². The summed E-state index contributed by atoms with van der Waals surface area (Å²) >= 11 is 1.46. The van der Waals surface area contributed by atoms with Gasteiger partial charge in [-0.15, -0.1) is 0 Å². The van der Waals surface area contributed by atoms with Gasteiger partial charge in [0.15, 0.2) is 0 Å². The molecule has 0 bridgehead atoms. The van der Waals surface area contributed by atoms with Crippen molar-refractivity contribution in [2.24, 2.45) is 0 Å². The zero-order valence-corrected chi connectivity index (χ0v) is 14.0. The normalized spacial score (nSPS) is 10.9. The average molecular weight is 325 g/mol. The first kappa shape index (κ1) is 18.3. The molecule has 1 rings (SSSR count). The van der Waals surface area contributed by atoms with Crippen LogP contribution < -0.4 is 10.6 Å². The second kappa shape index (κ2) is 9.30. The van der Waals surface area contributed by atoms with Crippen molar-refractivity contribution in [3.8, 4) is 0 Å². The Morgan fingerprint density at radius 2 is 1.91 bits per heavy atom. The highest BCUT2D eigenvalue weighted by atomic mass is 32.2. The fraction of sp³-hybridized carbons (Fsp3) is 0.533. The number of nitrogens with zero attached hydrogens (tertiary/aromatic N) is 1. The van der Waals surface area contributed by atoms with Gasteiger partial charge in [0, 0.05) is 31.2 Å². The van der Waals surface area contributed by atoms with Gasteiger partial charge in [0.05, 0.1) is 5.75 Å². The van der Waals surface area contributed by atoms with E-state index in [2.05, 4.69) is 15.6 Å². The predicted octanol–water partition coefficient (Wildman–Crippen LogP) is 1.96. The van der Waals surface area contributed by atoms with Gasteiger partial charge in [-0.1, -0.05) is 0 Å². The lowest BCUT2D eigenvalue weighted by atomic mass is 10.2. The van der Waals surface area contributed by atoms with Gasteiger partial charge in [0.1, 0.15) is 5.60 Å². The highest BCUT2D eigenvalue weighted by Gasteiger charge is 2.15. The van der Waals surface area contributed by atoms with Crippen LogP contribution in [0.3, 0.4) is 0 Å². The van der Waals surface area contributed by atoms with Crippen molar-refractivity contribution < 1.29 is 14.3 Å². The van der Waals surface area contributed by atoms with Crippen molar-refractivity contribution in [2.75, 3.05) is 18.1 Å². The Morgan fingerprint density at radius 3 is 2.55 bits per heavy atom. The van der Waals surface area contributed by atoms with E-state index >= 15 is 0 Å². The van der Waals surface area contributed by atoms with Crippen LogP contribution in [-0.2, 0) is 16.1 Å². The van der Waals surface area contributed by atoms with Crippen LogP contribution in [0, 0.1) is 0 Å². The van der Waals surface area contributed by atoms with E-state index in [4.69, 9.17) is 4.74 Å². The lowest BCUT2D eigenvalue weighted by molar-refractivity contribution is -0.118. The maximum Gasteiger partial charge on any atom is 0.407 e. The summed E-state index contributed by atoms with van der Waals surface area (Å²) in [6.45, 7) is 6.41. The van der Waals surface area contributed by atoms with Crippen LogP contribution in [0.2, 0.25) is 0 Å². The fourth-order valence-corrected chi connectivity index (χ4v) is 2.13. The van der Waals surface area contributed by atoms with E-state index in [1.54, 1.807) is 12.4 Å². The van der Waals surface area contributed by atoms with Gasteiger partial charge in [0.2, 0.25) is 5.91 Å². The Balaban J connectivity index is 2.04. The smallest absolute Gasteiger partial charge is 0.407 e. The molecule has 0 aliphatic carbocycles. The third kappa shape index (κ3) is 9.23. The van der Waals surface area contributed by atoms with Gasteiger partial charge in [-0.25, -0.2) is 4.79 Å². The van der Waals surface area contributed by atoms with E-state index in [9.17, 15) is 9.59 Å². The van der Waals surface area contributed by atoms with Crippen molar-refractivity contribution >= 4 is 23.8 Å². The van der Waals surface area contributed by atoms with Crippen molar-refractivity contribution in [3.63, 3.8) is 0 Å². The second-order valence-corrected chi connectivity index (χ2v) is 6.72. The van der Waals surface area contributed by atoms with Crippen LogP contribution in [0.4, 0.5) is 4.79 Å². The molecule has 6 nitrogen and oxygen atoms in total. The molecule has 0 radical (unpaired) electrons. The monoisotopic (exact) mass is 325 g/mol. The van der Waals surface area contributed by atoms with E-state index in [0.717, 1.165) is 5.56 Å². The number of hydrogen-bond acceptors (Lipinski definition) is 5. The van der Waals surface area contributed by atoms with Gasteiger partial charge in [-0.3, -0.25) is 9.78 Å². The molecule has 1 heterocycles. The molecule has 0 atom stereocenters. The molecule has 2 amide bonds. The molecular formula is C15H23N3O3S. The summed E-state index contributed by atoms with van der Waals surface area (Å²) in [7, 11) is 0. The first-order valence-corrected chi connectivity index (χ1v) is 8.22. The topological polar surface area (TPSA) is 80.3 Å². The molecule has 0 aliphatic heterocycles. The average Bonchev–Trinajstić information content (AvgIpc) is 2.44. The Bertz CT molecular complexity index is 475. The van der Waals surface area contributed by atoms with Crippen LogP contribution in [-0.4, -0.2) is 40.6 Å². The SMILES string of the molecule is CC(C)(C)OC(=O)NCCSCC(=O)NCc1ccncc1. The van der Waals surface area contributed by atoms with Gasteiger partial charge in [-0.2, -0.15) is 11.8 Å². The molecule has 0 aliphatic rings. The maximum absolute atomic E-state index is 11.6. The number of nitrogens with one attached hydrogen (secondary N) is 2. The number of pyridine rings is 1. The summed E-state index contributed by atoms with van der Waals surface area (Å²) in [5.41, 5.74) is 0.518. The van der Waals surface area contributed by atoms with Crippen molar-refractivity contribution in [1.82, 2.24) is 15.6 Å². The van der Waals surface area contributed by atoms with Gasteiger partial charge < -0.3 is 15.4 Å². The minimum Gasteiger partial charge on any atom is -0.444 e. The van der Waals surface area contributed by atoms with Crippen LogP contribution in [0.15, 0.2) is 24.5 Å². The molecule has 1 aromatic rings. The van der Waals surface area contributed by atoms with Crippen LogP contribution in [0.1, 0.15) is 26.3 Å². The van der Waals surface area contributed by atoms with Crippen LogP contribution in [0.25, 0.3) is 0 Å². The molecule has 122 valence electrons. The number of alkyl carbamates (subject to hydrolysis) is 1. The number of amides is 2. The molecule has 1 aromatic heterocycles. The van der Waals surface area contributed by atoms with Gasteiger partial charge in [-0.05, 0) is 38.5 Å². The summed E-state index contributed by atoms with van der Waals surface area (Å²) in [5, 5.41) is 5.48. The standard InChI is InChI=1S/C15H23N3O3S/c1-15(2,3)21-14(20)17-8-9-22-11-13(19)18-10-12-4-6-16-7-5-12/h4-7H,8-11H2,1-3H3,(H,17,20)(H,18,19). The molecule has 0 spiro atoms. The maximum atomic E-state index is 11.6. The van der Waals surface area contributed by atoms with E-state index in [-0.39, 0.29) is 5.91 Å². The summed E-state index contributed by atoms with van der Waals surface area (Å²) in [4.78, 5) is 26.9. The van der Waals surface area contributed by atoms with Crippen molar-refractivity contribution in [2.45, 2.75) is 32.9 Å². The van der Waals surface area contributed by atoms with Crippen molar-refractivity contribution in [1.29, 1.82) is 0 Å². The summed E-state index contributed by atoms with van der Waals surface area (Å²) in [6, 6.07) is 3.72. The molecule has 0 fully saturated rings. The summed E-state index contributed by atoms with van der Waals surface area (Å²) in [6.07, 6.45) is 2.95. The molecule has 0 unspecified atom stereocenters. The van der Waals surface area contributed by atoms with E-state index in [1.807, 2.05) is 32.9 Å². The molecular weight excluding hydrogens is 302 g/mol. The Hall–Kier alpha value is -1.76. The third-order valence-corrected chi connectivity index (χ3v) is 3.35. The Kier molecular flexibility index (Phi) is 7.73. The number of carbonyl (C=O) groups excluding carboxylic acids is 2. The highest BCUT2D eigenvalue weighted by Crippen LogP contribution is 2.06. The summed E-state index contributed by atoms with van der Waals surface area (Å²) in [5.74, 6) is 0.988. The first-order valence-electron chi connectivity index (χ1n) is 7.07. The number of aromatic nitrogens is 1. The van der Waals surface area contributed by atoms with Crippen LogP contribution in [0.5, 0.6) is 0 Å². The highest BCUT2D eigenvalue weighted by molar-refractivity contribution is 7.99.